The molecule has 0 bridgehead atoms. The Morgan fingerprint density at radius 3 is 2.81 bits per heavy atom. The fourth-order valence-corrected chi connectivity index (χ4v) is 2.52. The molecule has 1 fully saturated rings. The van der Waals surface area contributed by atoms with Crippen molar-refractivity contribution >= 4 is 11.7 Å². The monoisotopic (exact) mass is 291 g/mol. The number of nitrogens with zero attached hydrogens (tertiary/aromatic N) is 1. The van der Waals surface area contributed by atoms with Crippen LogP contribution in [0.4, 0.5) is 5.82 Å². The normalized spacial score (nSPS) is 17.2. The Kier molecular flexibility index (Phi) is 5.99. The number of anilines is 1. The van der Waals surface area contributed by atoms with Gasteiger partial charge in [0.05, 0.1) is 5.56 Å². The van der Waals surface area contributed by atoms with E-state index in [9.17, 15) is 4.79 Å². The zero-order valence-corrected chi connectivity index (χ0v) is 12.9. The van der Waals surface area contributed by atoms with Crippen molar-refractivity contribution in [3.05, 3.63) is 23.9 Å². The van der Waals surface area contributed by atoms with E-state index >= 15 is 0 Å². The van der Waals surface area contributed by atoms with Gasteiger partial charge in [0.15, 0.2) is 0 Å². The lowest BCUT2D eigenvalue weighted by Crippen LogP contribution is -2.31. The number of amides is 1. The fourth-order valence-electron chi connectivity index (χ4n) is 2.52. The van der Waals surface area contributed by atoms with Crippen LogP contribution in [-0.4, -0.2) is 36.7 Å². The maximum absolute atomic E-state index is 11.8. The molecule has 5 heteroatoms. The van der Waals surface area contributed by atoms with Crippen molar-refractivity contribution < 1.29 is 9.53 Å². The summed E-state index contributed by atoms with van der Waals surface area (Å²) in [6.45, 7) is 6.60. The molecule has 2 N–H and O–H groups in total. The summed E-state index contributed by atoms with van der Waals surface area (Å²) in [5, 5.41) is 6.27. The molecular weight excluding hydrogens is 266 g/mol. The Bertz CT molecular complexity index is 441. The van der Waals surface area contributed by atoms with Crippen molar-refractivity contribution in [1.82, 2.24) is 10.3 Å². The van der Waals surface area contributed by atoms with Gasteiger partial charge in [0, 0.05) is 32.0 Å². The number of carbonyl (C=O) groups excluding carboxylic acids is 1. The largest absolute Gasteiger partial charge is 0.381 e. The highest BCUT2D eigenvalue weighted by Gasteiger charge is 2.20. The second kappa shape index (κ2) is 7.98. The Labute approximate surface area is 126 Å². The van der Waals surface area contributed by atoms with Crippen LogP contribution in [-0.2, 0) is 4.74 Å². The molecule has 21 heavy (non-hydrogen) atoms. The molecule has 2 rings (SSSR count). The first-order valence-electron chi connectivity index (χ1n) is 7.79. The summed E-state index contributed by atoms with van der Waals surface area (Å²) in [7, 11) is 0. The third kappa shape index (κ3) is 4.70. The average Bonchev–Trinajstić information content (AvgIpc) is 2.54. The van der Waals surface area contributed by atoms with E-state index in [0.717, 1.165) is 38.3 Å². The van der Waals surface area contributed by atoms with Crippen LogP contribution in [0.3, 0.4) is 0 Å². The van der Waals surface area contributed by atoms with E-state index in [1.807, 2.05) is 19.1 Å². The van der Waals surface area contributed by atoms with Gasteiger partial charge in [-0.1, -0.05) is 6.92 Å². The summed E-state index contributed by atoms with van der Waals surface area (Å²) in [4.78, 5) is 16.1. The molecule has 5 nitrogen and oxygen atoms in total. The van der Waals surface area contributed by atoms with Gasteiger partial charge in [0.2, 0.25) is 0 Å². The highest BCUT2D eigenvalue weighted by molar-refractivity contribution is 5.93. The molecule has 1 aromatic heterocycles. The van der Waals surface area contributed by atoms with E-state index in [1.54, 1.807) is 6.20 Å². The molecule has 116 valence electrons. The summed E-state index contributed by atoms with van der Waals surface area (Å²) in [5.74, 6) is 1.38. The van der Waals surface area contributed by atoms with Crippen LogP contribution in [0.1, 0.15) is 43.5 Å². The van der Waals surface area contributed by atoms with Gasteiger partial charge in [-0.3, -0.25) is 4.79 Å². The van der Waals surface area contributed by atoms with E-state index < -0.39 is 0 Å². The first-order valence-corrected chi connectivity index (χ1v) is 7.79. The third-order valence-electron chi connectivity index (χ3n) is 3.91. The summed E-state index contributed by atoms with van der Waals surface area (Å²) >= 11 is 0. The van der Waals surface area contributed by atoms with E-state index in [1.165, 1.54) is 0 Å². The zero-order chi connectivity index (χ0) is 15.1. The number of hydrogen-bond donors (Lipinski definition) is 2. The topological polar surface area (TPSA) is 63.2 Å². The third-order valence-corrected chi connectivity index (χ3v) is 3.91. The summed E-state index contributed by atoms with van der Waals surface area (Å²) in [5.41, 5.74) is 0.604. The van der Waals surface area contributed by atoms with Crippen LogP contribution in [0.25, 0.3) is 0 Å². The van der Waals surface area contributed by atoms with Gasteiger partial charge in [-0.05, 0) is 44.2 Å². The number of aromatic nitrogens is 1. The second-order valence-corrected chi connectivity index (χ2v) is 5.57. The van der Waals surface area contributed by atoms with Gasteiger partial charge in [-0.15, -0.1) is 0 Å². The minimum absolute atomic E-state index is 0.0617. The minimum Gasteiger partial charge on any atom is -0.381 e. The van der Waals surface area contributed by atoms with Gasteiger partial charge in [-0.2, -0.15) is 0 Å². The number of pyridine rings is 1. The molecule has 2 heterocycles. The Morgan fingerprint density at radius 1 is 1.43 bits per heavy atom. The van der Waals surface area contributed by atoms with Crippen molar-refractivity contribution in [1.29, 1.82) is 0 Å². The summed E-state index contributed by atoms with van der Waals surface area (Å²) < 4.78 is 5.39. The highest BCUT2D eigenvalue weighted by Crippen LogP contribution is 2.21. The number of hydrogen-bond acceptors (Lipinski definition) is 4. The van der Waals surface area contributed by atoms with Gasteiger partial charge in [0.25, 0.3) is 5.91 Å². The van der Waals surface area contributed by atoms with E-state index in [-0.39, 0.29) is 5.91 Å². The second-order valence-electron chi connectivity index (χ2n) is 5.57. The molecule has 0 spiro atoms. The lowest BCUT2D eigenvalue weighted by atomic mass is 9.93. The minimum atomic E-state index is -0.0617. The molecule has 0 saturated carbocycles. The zero-order valence-electron chi connectivity index (χ0n) is 12.9. The van der Waals surface area contributed by atoms with Gasteiger partial charge in [0.1, 0.15) is 5.82 Å². The Balaban J connectivity index is 1.88. The standard InChI is InChI=1S/C16H25N3O2/c1-3-8-17-16(20)14-4-5-15(18-11-14)19-12(2)13-6-9-21-10-7-13/h4-5,11-13H,3,6-10H2,1-2H3,(H,17,20)(H,18,19). The highest BCUT2D eigenvalue weighted by atomic mass is 16.5. The smallest absolute Gasteiger partial charge is 0.252 e. The van der Waals surface area contributed by atoms with Crippen molar-refractivity contribution in [3.63, 3.8) is 0 Å². The van der Waals surface area contributed by atoms with Gasteiger partial charge >= 0.3 is 0 Å². The van der Waals surface area contributed by atoms with Crippen molar-refractivity contribution in [3.8, 4) is 0 Å². The number of carbonyl (C=O) groups is 1. The number of ether oxygens (including phenoxy) is 1. The predicted molar refractivity (Wildman–Crippen MR) is 83.5 cm³/mol. The summed E-state index contributed by atoms with van der Waals surface area (Å²) in [6, 6.07) is 4.05. The van der Waals surface area contributed by atoms with Crippen LogP contribution in [0.5, 0.6) is 0 Å². The SMILES string of the molecule is CCCNC(=O)c1ccc(NC(C)C2CCOCC2)nc1. The molecule has 0 aromatic carbocycles. The Hall–Kier alpha value is -1.62. The van der Waals surface area contributed by atoms with Crippen LogP contribution in [0, 0.1) is 5.92 Å². The molecule has 0 aliphatic carbocycles. The van der Waals surface area contributed by atoms with Crippen LogP contribution < -0.4 is 10.6 Å². The quantitative estimate of drug-likeness (QED) is 0.845. The molecule has 1 amide bonds. The van der Waals surface area contributed by atoms with Crippen molar-refractivity contribution in [2.75, 3.05) is 25.1 Å². The van der Waals surface area contributed by atoms with Crippen molar-refractivity contribution in [2.24, 2.45) is 5.92 Å². The van der Waals surface area contributed by atoms with E-state index in [2.05, 4.69) is 22.5 Å². The van der Waals surface area contributed by atoms with Crippen LogP contribution in [0.15, 0.2) is 18.3 Å². The first-order chi connectivity index (χ1) is 10.2. The van der Waals surface area contributed by atoms with Crippen LogP contribution in [0.2, 0.25) is 0 Å². The number of rotatable bonds is 6. The first kappa shape index (κ1) is 15.8. The molecule has 1 aliphatic rings. The predicted octanol–water partition coefficient (Wildman–Crippen LogP) is 2.45. The summed E-state index contributed by atoms with van der Waals surface area (Å²) in [6.07, 6.45) is 4.74. The molecule has 1 aliphatic heterocycles. The maximum Gasteiger partial charge on any atom is 0.252 e. The molecule has 1 saturated heterocycles. The Morgan fingerprint density at radius 2 is 2.19 bits per heavy atom. The van der Waals surface area contributed by atoms with E-state index in [0.29, 0.717) is 24.1 Å². The van der Waals surface area contributed by atoms with Crippen molar-refractivity contribution in [2.45, 2.75) is 39.2 Å². The van der Waals surface area contributed by atoms with Crippen LogP contribution >= 0.6 is 0 Å². The maximum atomic E-state index is 11.8. The van der Waals surface area contributed by atoms with Gasteiger partial charge < -0.3 is 15.4 Å². The molecular formula is C16H25N3O2. The van der Waals surface area contributed by atoms with E-state index in [4.69, 9.17) is 4.74 Å². The fraction of sp³-hybridized carbons (Fsp3) is 0.625. The molecule has 1 atom stereocenters. The number of nitrogens with one attached hydrogen (secondary N) is 2. The molecule has 1 aromatic rings. The van der Waals surface area contributed by atoms with Gasteiger partial charge in [-0.25, -0.2) is 4.98 Å². The lowest BCUT2D eigenvalue weighted by Gasteiger charge is -2.28. The average molecular weight is 291 g/mol. The molecule has 1 unspecified atom stereocenters. The lowest BCUT2D eigenvalue weighted by molar-refractivity contribution is 0.0622. The molecule has 0 radical (unpaired) electrons.